The zero-order valence-electron chi connectivity index (χ0n) is 19.0. The molecular weight excluding hydrogens is 466 g/mol. The predicted octanol–water partition coefficient (Wildman–Crippen LogP) is 6.55. The van der Waals surface area contributed by atoms with Gasteiger partial charge in [0, 0.05) is 11.6 Å². The number of thiocarbonyl (C=S) groups is 1. The molecule has 5 nitrogen and oxygen atoms in total. The van der Waals surface area contributed by atoms with E-state index in [1.165, 1.54) is 11.8 Å². The quantitative estimate of drug-likeness (QED) is 0.202. The lowest BCUT2D eigenvalue weighted by atomic mass is 10.1. The minimum absolute atomic E-state index is 0.128. The fourth-order valence-corrected chi connectivity index (χ4v) is 4.59. The Morgan fingerprint density at radius 2 is 1.82 bits per heavy atom. The number of thioether (sulfide) groups is 1. The Morgan fingerprint density at radius 3 is 2.53 bits per heavy atom. The number of hydrogen-bond acceptors (Lipinski definition) is 6. The third-order valence-corrected chi connectivity index (χ3v) is 6.67. The highest BCUT2D eigenvalue weighted by Crippen LogP contribution is 2.34. The van der Waals surface area contributed by atoms with E-state index in [0.29, 0.717) is 45.4 Å². The van der Waals surface area contributed by atoms with Crippen LogP contribution in [0.15, 0.2) is 76.1 Å². The average Bonchev–Trinajstić information content (AvgIpc) is 3.40. The Balaban J connectivity index is 1.42. The molecular formula is C27H25NO4S2. The van der Waals surface area contributed by atoms with E-state index in [1.807, 2.05) is 54.6 Å². The van der Waals surface area contributed by atoms with E-state index in [4.69, 9.17) is 21.4 Å². The molecule has 7 heteroatoms. The summed E-state index contributed by atoms with van der Waals surface area (Å²) in [5.74, 6) is 1.24. The number of rotatable bonds is 8. The third-order valence-electron chi connectivity index (χ3n) is 5.29. The van der Waals surface area contributed by atoms with Crippen molar-refractivity contribution in [2.45, 2.75) is 26.8 Å². The molecule has 1 aliphatic heterocycles. The minimum Gasteiger partial charge on any atom is -0.462 e. The van der Waals surface area contributed by atoms with Crippen LogP contribution in [0.25, 0.3) is 17.4 Å². The summed E-state index contributed by atoms with van der Waals surface area (Å²) in [6.45, 7) is 5.04. The Hall–Kier alpha value is -3.16. The van der Waals surface area contributed by atoms with Crippen molar-refractivity contribution in [2.24, 2.45) is 5.92 Å². The zero-order valence-corrected chi connectivity index (χ0v) is 20.7. The molecule has 174 valence electrons. The number of benzene rings is 2. The molecule has 0 spiro atoms. The SMILES string of the molecule is CC(C)CCOC(=O)c1ccc(-c2ccc(/C=C3/SC(=S)N(Cc4ccccc4)C3=O)o2)cc1. The van der Waals surface area contributed by atoms with Gasteiger partial charge in [-0.2, -0.15) is 0 Å². The van der Waals surface area contributed by atoms with Gasteiger partial charge in [0.2, 0.25) is 0 Å². The highest BCUT2D eigenvalue weighted by molar-refractivity contribution is 8.26. The van der Waals surface area contributed by atoms with Crippen molar-refractivity contribution in [3.05, 3.63) is 88.5 Å². The maximum atomic E-state index is 12.9. The van der Waals surface area contributed by atoms with Gasteiger partial charge in [0.1, 0.15) is 15.8 Å². The normalized spacial score (nSPS) is 14.9. The van der Waals surface area contributed by atoms with Crippen LogP contribution in [-0.4, -0.2) is 27.7 Å². The first-order valence-corrected chi connectivity index (χ1v) is 12.3. The molecule has 0 atom stereocenters. The van der Waals surface area contributed by atoms with Crippen LogP contribution in [0, 0.1) is 5.92 Å². The maximum Gasteiger partial charge on any atom is 0.338 e. The Kier molecular flexibility index (Phi) is 7.65. The Bertz CT molecular complexity index is 1210. The van der Waals surface area contributed by atoms with Gasteiger partial charge in [-0.25, -0.2) is 4.79 Å². The van der Waals surface area contributed by atoms with E-state index >= 15 is 0 Å². The number of esters is 1. The standard InChI is InChI=1S/C27H25NO4S2/c1-18(2)14-15-31-26(30)21-10-8-20(9-11-21)23-13-12-22(32-23)16-24-25(29)28(27(33)34-24)17-19-6-4-3-5-7-19/h3-13,16,18H,14-15,17H2,1-2H3/b24-16+. The van der Waals surface area contributed by atoms with Gasteiger partial charge in [0.05, 0.1) is 23.6 Å². The van der Waals surface area contributed by atoms with Crippen LogP contribution in [-0.2, 0) is 16.1 Å². The number of ether oxygens (including phenoxy) is 1. The average molecular weight is 492 g/mol. The van der Waals surface area contributed by atoms with Crippen LogP contribution in [0.2, 0.25) is 0 Å². The van der Waals surface area contributed by atoms with Crippen molar-refractivity contribution < 1.29 is 18.7 Å². The van der Waals surface area contributed by atoms with Crippen molar-refractivity contribution in [3.63, 3.8) is 0 Å². The van der Waals surface area contributed by atoms with Gasteiger partial charge in [0.15, 0.2) is 0 Å². The number of carbonyl (C=O) groups is 2. The molecule has 1 amide bonds. The van der Waals surface area contributed by atoms with E-state index in [9.17, 15) is 9.59 Å². The van der Waals surface area contributed by atoms with E-state index < -0.39 is 0 Å². The number of hydrogen-bond donors (Lipinski definition) is 0. The van der Waals surface area contributed by atoms with Crippen LogP contribution in [0.4, 0.5) is 0 Å². The first kappa shape index (κ1) is 24.0. The summed E-state index contributed by atoms with van der Waals surface area (Å²) in [5, 5.41) is 0. The van der Waals surface area contributed by atoms with Crippen molar-refractivity contribution in [1.29, 1.82) is 0 Å². The van der Waals surface area contributed by atoms with Gasteiger partial charge in [-0.3, -0.25) is 9.69 Å². The summed E-state index contributed by atoms with van der Waals surface area (Å²) in [6, 6.07) is 20.5. The number of furan rings is 1. The largest absolute Gasteiger partial charge is 0.462 e. The molecule has 0 N–H and O–H groups in total. The monoisotopic (exact) mass is 491 g/mol. The Labute approximate surface area is 208 Å². The van der Waals surface area contributed by atoms with Crippen LogP contribution in [0.3, 0.4) is 0 Å². The van der Waals surface area contributed by atoms with Gasteiger partial charge in [0.25, 0.3) is 5.91 Å². The molecule has 1 aliphatic rings. The molecule has 1 saturated heterocycles. The third kappa shape index (κ3) is 5.85. The van der Waals surface area contributed by atoms with Gasteiger partial charge in [-0.05, 0) is 42.2 Å². The molecule has 0 bridgehead atoms. The molecule has 0 radical (unpaired) electrons. The summed E-state index contributed by atoms with van der Waals surface area (Å²) in [4.78, 5) is 27.2. The van der Waals surface area contributed by atoms with Crippen LogP contribution >= 0.6 is 24.0 Å². The molecule has 0 unspecified atom stereocenters. The van der Waals surface area contributed by atoms with Gasteiger partial charge in [-0.1, -0.05) is 80.3 Å². The van der Waals surface area contributed by atoms with E-state index in [-0.39, 0.29) is 11.9 Å². The van der Waals surface area contributed by atoms with E-state index in [1.54, 1.807) is 23.1 Å². The van der Waals surface area contributed by atoms with Crippen molar-refractivity contribution in [2.75, 3.05) is 6.61 Å². The predicted molar refractivity (Wildman–Crippen MR) is 139 cm³/mol. The highest BCUT2D eigenvalue weighted by atomic mass is 32.2. The zero-order chi connectivity index (χ0) is 24.1. The summed E-state index contributed by atoms with van der Waals surface area (Å²) < 4.78 is 11.8. The molecule has 2 aromatic carbocycles. The van der Waals surface area contributed by atoms with Crippen LogP contribution < -0.4 is 0 Å². The molecule has 1 aromatic heterocycles. The van der Waals surface area contributed by atoms with Crippen LogP contribution in [0.5, 0.6) is 0 Å². The smallest absolute Gasteiger partial charge is 0.338 e. The number of carbonyl (C=O) groups excluding carboxylic acids is 2. The summed E-state index contributed by atoms with van der Waals surface area (Å²) in [7, 11) is 0. The van der Waals surface area contributed by atoms with Crippen LogP contribution in [0.1, 0.15) is 41.9 Å². The summed E-state index contributed by atoms with van der Waals surface area (Å²) >= 11 is 6.69. The van der Waals surface area contributed by atoms with E-state index in [2.05, 4.69) is 13.8 Å². The van der Waals surface area contributed by atoms with Gasteiger partial charge in [-0.15, -0.1) is 0 Å². The lowest BCUT2D eigenvalue weighted by molar-refractivity contribution is -0.122. The Morgan fingerprint density at radius 1 is 1.09 bits per heavy atom. The summed E-state index contributed by atoms with van der Waals surface area (Å²) in [6.07, 6.45) is 2.55. The highest BCUT2D eigenvalue weighted by Gasteiger charge is 2.32. The maximum absolute atomic E-state index is 12.9. The fourth-order valence-electron chi connectivity index (χ4n) is 3.36. The number of nitrogens with zero attached hydrogens (tertiary/aromatic N) is 1. The van der Waals surface area contributed by atoms with E-state index in [0.717, 1.165) is 17.5 Å². The van der Waals surface area contributed by atoms with Crippen molar-refractivity contribution in [3.8, 4) is 11.3 Å². The molecule has 1 fully saturated rings. The summed E-state index contributed by atoms with van der Waals surface area (Å²) in [5.41, 5.74) is 2.35. The lowest BCUT2D eigenvalue weighted by Gasteiger charge is -2.14. The number of amides is 1. The first-order chi connectivity index (χ1) is 16.4. The molecule has 3 aromatic rings. The minimum atomic E-state index is -0.329. The van der Waals surface area contributed by atoms with Gasteiger partial charge >= 0.3 is 5.97 Å². The lowest BCUT2D eigenvalue weighted by Crippen LogP contribution is -2.27. The van der Waals surface area contributed by atoms with Crippen molar-refractivity contribution in [1.82, 2.24) is 4.90 Å². The topological polar surface area (TPSA) is 59.8 Å². The molecule has 34 heavy (non-hydrogen) atoms. The molecule has 0 saturated carbocycles. The molecule has 4 rings (SSSR count). The fraction of sp³-hybridized carbons (Fsp3) is 0.222. The first-order valence-electron chi connectivity index (χ1n) is 11.1. The second-order valence-corrected chi connectivity index (χ2v) is 10.0. The second kappa shape index (κ2) is 10.8. The molecule has 2 heterocycles. The van der Waals surface area contributed by atoms with Crippen molar-refractivity contribution >= 4 is 46.3 Å². The molecule has 0 aliphatic carbocycles. The van der Waals surface area contributed by atoms with Gasteiger partial charge < -0.3 is 9.15 Å². The second-order valence-electron chi connectivity index (χ2n) is 8.35.